The van der Waals surface area contributed by atoms with Gasteiger partial charge in [0.25, 0.3) is 0 Å². The maximum Gasteiger partial charge on any atom is 0.194 e. The molecule has 0 amide bonds. The van der Waals surface area contributed by atoms with Gasteiger partial charge in [0.05, 0.1) is 23.8 Å². The zero-order valence-corrected chi connectivity index (χ0v) is 11.5. The van der Waals surface area contributed by atoms with Crippen LogP contribution in [0.25, 0.3) is 11.0 Å². The quantitative estimate of drug-likeness (QED) is 0.687. The lowest BCUT2D eigenvalue weighted by molar-refractivity contribution is 0.103. The van der Waals surface area contributed by atoms with Crippen LogP contribution in [0.2, 0.25) is 0 Å². The molecule has 0 unspecified atom stereocenters. The van der Waals surface area contributed by atoms with Crippen LogP contribution < -0.4 is 4.74 Å². The Morgan fingerprint density at radius 1 is 1.05 bits per heavy atom. The number of ether oxygens (including phenoxy) is 1. The number of hydrogen-bond donors (Lipinski definition) is 0. The van der Waals surface area contributed by atoms with Gasteiger partial charge < -0.3 is 4.74 Å². The summed E-state index contributed by atoms with van der Waals surface area (Å²) in [5.74, 6) is 0.473. The first-order valence-electron chi connectivity index (χ1n) is 6.61. The molecule has 0 N–H and O–H groups in total. The second-order valence-electron chi connectivity index (χ2n) is 4.43. The van der Waals surface area contributed by atoms with Crippen LogP contribution in [0.15, 0.2) is 49.1 Å². The van der Waals surface area contributed by atoms with Crippen LogP contribution in [0, 0.1) is 0 Å². The van der Waals surface area contributed by atoms with Gasteiger partial charge in [-0.15, -0.1) is 0 Å². The average Bonchev–Trinajstić information content (AvgIpc) is 2.54. The zero-order valence-electron chi connectivity index (χ0n) is 11.5. The Kier molecular flexibility index (Phi) is 3.55. The molecule has 21 heavy (non-hydrogen) atoms. The number of carbonyl (C=O) groups is 1. The second-order valence-corrected chi connectivity index (χ2v) is 4.43. The maximum atomic E-state index is 12.5. The lowest BCUT2D eigenvalue weighted by Gasteiger charge is -2.05. The fraction of sp³-hybridized carbons (Fsp3) is 0.125. The Morgan fingerprint density at radius 2 is 1.86 bits per heavy atom. The summed E-state index contributed by atoms with van der Waals surface area (Å²) in [7, 11) is 0. The van der Waals surface area contributed by atoms with Crippen LogP contribution in [-0.4, -0.2) is 27.3 Å². The van der Waals surface area contributed by atoms with E-state index in [1.807, 2.05) is 6.92 Å². The molecule has 5 nitrogen and oxygen atoms in total. The average molecular weight is 279 g/mol. The van der Waals surface area contributed by atoms with Crippen molar-refractivity contribution in [2.75, 3.05) is 6.61 Å². The molecular formula is C16H13N3O2. The first-order chi connectivity index (χ1) is 10.3. The number of aromatic nitrogens is 3. The van der Waals surface area contributed by atoms with E-state index in [1.54, 1.807) is 42.9 Å². The van der Waals surface area contributed by atoms with Crippen molar-refractivity contribution in [1.29, 1.82) is 0 Å². The van der Waals surface area contributed by atoms with E-state index < -0.39 is 0 Å². The molecule has 2 heterocycles. The van der Waals surface area contributed by atoms with Gasteiger partial charge >= 0.3 is 0 Å². The minimum absolute atomic E-state index is 0.114. The van der Waals surface area contributed by atoms with Crippen LogP contribution in [0.3, 0.4) is 0 Å². The van der Waals surface area contributed by atoms with Gasteiger partial charge in [-0.2, -0.15) is 0 Å². The van der Waals surface area contributed by atoms with Gasteiger partial charge in [-0.05, 0) is 31.2 Å². The number of fused-ring (bicyclic) bond motifs is 1. The molecule has 0 aliphatic rings. The van der Waals surface area contributed by atoms with Gasteiger partial charge in [-0.3, -0.25) is 19.7 Å². The molecule has 5 heteroatoms. The molecule has 0 saturated carbocycles. The van der Waals surface area contributed by atoms with Gasteiger partial charge in [0, 0.05) is 29.7 Å². The van der Waals surface area contributed by atoms with Crippen molar-refractivity contribution >= 4 is 16.8 Å². The van der Waals surface area contributed by atoms with Crippen molar-refractivity contribution in [2.24, 2.45) is 0 Å². The Morgan fingerprint density at radius 3 is 2.67 bits per heavy atom. The number of carbonyl (C=O) groups excluding carboxylic acids is 1. The monoisotopic (exact) mass is 279 g/mol. The Balaban J connectivity index is 1.97. The third-order valence-corrected chi connectivity index (χ3v) is 3.02. The molecule has 0 aliphatic heterocycles. The predicted molar refractivity (Wildman–Crippen MR) is 78.4 cm³/mol. The van der Waals surface area contributed by atoms with Crippen molar-refractivity contribution in [3.05, 3.63) is 60.2 Å². The largest absolute Gasteiger partial charge is 0.492 e. The molecule has 2 aromatic heterocycles. The highest BCUT2D eigenvalue weighted by Crippen LogP contribution is 2.17. The summed E-state index contributed by atoms with van der Waals surface area (Å²) in [5.41, 5.74) is 2.50. The van der Waals surface area contributed by atoms with E-state index in [2.05, 4.69) is 15.0 Å². The van der Waals surface area contributed by atoms with Crippen LogP contribution >= 0.6 is 0 Å². The molecular weight excluding hydrogens is 266 g/mol. The molecule has 0 atom stereocenters. The lowest BCUT2D eigenvalue weighted by Crippen LogP contribution is -2.03. The lowest BCUT2D eigenvalue weighted by atomic mass is 10.0. The molecule has 0 fully saturated rings. The van der Waals surface area contributed by atoms with Crippen molar-refractivity contribution in [2.45, 2.75) is 6.92 Å². The number of benzene rings is 1. The predicted octanol–water partition coefficient (Wildman–Crippen LogP) is 2.65. The third kappa shape index (κ3) is 2.72. The Bertz CT molecular complexity index is 802. The topological polar surface area (TPSA) is 65.0 Å². The molecule has 0 bridgehead atoms. The molecule has 0 spiro atoms. The van der Waals surface area contributed by atoms with Crippen LogP contribution in [0.1, 0.15) is 22.8 Å². The van der Waals surface area contributed by atoms with E-state index in [-0.39, 0.29) is 5.78 Å². The highest BCUT2D eigenvalue weighted by molar-refractivity contribution is 6.10. The Labute approximate surface area is 121 Å². The molecule has 0 aliphatic carbocycles. The van der Waals surface area contributed by atoms with Crippen LogP contribution in [-0.2, 0) is 0 Å². The third-order valence-electron chi connectivity index (χ3n) is 3.02. The normalized spacial score (nSPS) is 10.5. The van der Waals surface area contributed by atoms with Crippen molar-refractivity contribution < 1.29 is 9.53 Å². The summed E-state index contributed by atoms with van der Waals surface area (Å²) in [6, 6.07) is 6.96. The number of nitrogens with zero attached hydrogens (tertiary/aromatic N) is 3. The van der Waals surface area contributed by atoms with Crippen molar-refractivity contribution in [3.63, 3.8) is 0 Å². The number of pyridine rings is 1. The molecule has 3 rings (SSSR count). The van der Waals surface area contributed by atoms with E-state index >= 15 is 0 Å². The van der Waals surface area contributed by atoms with Crippen LogP contribution in [0.4, 0.5) is 0 Å². The standard InChI is InChI=1S/C16H13N3O2/c1-2-21-13-7-12(9-17-10-13)16(20)11-3-4-14-15(8-11)19-6-5-18-14/h3-10H,2H2,1H3. The fourth-order valence-corrected chi connectivity index (χ4v) is 2.06. The molecule has 3 aromatic rings. The minimum atomic E-state index is -0.114. The fourth-order valence-electron chi connectivity index (χ4n) is 2.06. The van der Waals surface area contributed by atoms with Crippen LogP contribution in [0.5, 0.6) is 5.75 Å². The van der Waals surface area contributed by atoms with Gasteiger partial charge in [-0.25, -0.2) is 0 Å². The van der Waals surface area contributed by atoms with Gasteiger partial charge in [0.2, 0.25) is 0 Å². The first kappa shape index (κ1) is 13.2. The SMILES string of the molecule is CCOc1cncc(C(=O)c2ccc3nccnc3c2)c1. The second kappa shape index (κ2) is 5.66. The number of ketones is 1. The van der Waals surface area contributed by atoms with E-state index in [1.165, 1.54) is 6.20 Å². The number of hydrogen-bond acceptors (Lipinski definition) is 5. The highest BCUT2D eigenvalue weighted by Gasteiger charge is 2.11. The van der Waals surface area contributed by atoms with E-state index in [9.17, 15) is 4.79 Å². The molecule has 0 saturated heterocycles. The molecule has 1 aromatic carbocycles. The van der Waals surface area contributed by atoms with E-state index in [0.717, 1.165) is 5.52 Å². The summed E-state index contributed by atoms with van der Waals surface area (Å²) in [6.45, 7) is 2.42. The zero-order chi connectivity index (χ0) is 14.7. The van der Waals surface area contributed by atoms with Gasteiger partial charge in [0.15, 0.2) is 5.78 Å². The van der Waals surface area contributed by atoms with Crippen molar-refractivity contribution in [3.8, 4) is 5.75 Å². The van der Waals surface area contributed by atoms with E-state index in [0.29, 0.717) is 29.0 Å². The first-order valence-corrected chi connectivity index (χ1v) is 6.61. The number of rotatable bonds is 4. The molecule has 104 valence electrons. The summed E-state index contributed by atoms with van der Waals surface area (Å²) in [5, 5.41) is 0. The maximum absolute atomic E-state index is 12.5. The smallest absolute Gasteiger partial charge is 0.194 e. The minimum Gasteiger partial charge on any atom is -0.492 e. The highest BCUT2D eigenvalue weighted by atomic mass is 16.5. The Hall–Kier alpha value is -2.82. The van der Waals surface area contributed by atoms with E-state index in [4.69, 9.17) is 4.74 Å². The van der Waals surface area contributed by atoms with Crippen molar-refractivity contribution in [1.82, 2.24) is 15.0 Å². The molecule has 0 radical (unpaired) electrons. The summed E-state index contributed by atoms with van der Waals surface area (Å²) >= 11 is 0. The summed E-state index contributed by atoms with van der Waals surface area (Å²) < 4.78 is 5.37. The van der Waals surface area contributed by atoms with Gasteiger partial charge in [-0.1, -0.05) is 0 Å². The van der Waals surface area contributed by atoms with Gasteiger partial charge in [0.1, 0.15) is 5.75 Å². The summed E-state index contributed by atoms with van der Waals surface area (Å²) in [4.78, 5) is 24.9. The summed E-state index contributed by atoms with van der Waals surface area (Å²) in [6.07, 6.45) is 6.35.